The average Bonchev–Trinajstić information content (AvgIpc) is 3.29. The Kier molecular flexibility index (Phi) is 5.36. The summed E-state index contributed by atoms with van der Waals surface area (Å²) in [5.41, 5.74) is 0.607. The van der Waals surface area contributed by atoms with Crippen molar-refractivity contribution >= 4 is 28.5 Å². The summed E-state index contributed by atoms with van der Waals surface area (Å²) in [6.45, 7) is 4.77. The van der Waals surface area contributed by atoms with E-state index < -0.39 is 0 Å². The molecule has 1 aromatic carbocycles. The Hall–Kier alpha value is -3.29. The quantitative estimate of drug-likeness (QED) is 0.640. The fourth-order valence-electron chi connectivity index (χ4n) is 4.38. The van der Waals surface area contributed by atoms with Gasteiger partial charge >= 0.3 is 0 Å². The number of piperazine rings is 1. The third-order valence-corrected chi connectivity index (χ3v) is 6.15. The Bertz CT molecular complexity index is 1050. The summed E-state index contributed by atoms with van der Waals surface area (Å²) in [6.07, 6.45) is 3.74. The molecular formula is C23H27N5O3. The average molecular weight is 422 g/mol. The number of piperidine rings is 1. The van der Waals surface area contributed by atoms with Crippen LogP contribution in [-0.2, 0) is 0 Å². The van der Waals surface area contributed by atoms with E-state index >= 15 is 0 Å². The van der Waals surface area contributed by atoms with Crippen LogP contribution in [-0.4, -0.2) is 67.4 Å². The number of benzene rings is 1. The van der Waals surface area contributed by atoms with E-state index in [-0.39, 0.29) is 5.91 Å². The molecule has 3 aromatic rings. The van der Waals surface area contributed by atoms with Crippen LogP contribution >= 0.6 is 0 Å². The van der Waals surface area contributed by atoms with Crippen molar-refractivity contribution in [2.45, 2.75) is 19.3 Å². The lowest BCUT2D eigenvalue weighted by molar-refractivity contribution is 0.0716. The van der Waals surface area contributed by atoms with Crippen molar-refractivity contribution in [2.75, 3.05) is 56.2 Å². The first kappa shape index (κ1) is 19.7. The number of methoxy groups -OCH3 is 1. The Morgan fingerprint density at radius 3 is 2.23 bits per heavy atom. The van der Waals surface area contributed by atoms with Crippen molar-refractivity contribution < 1.29 is 13.9 Å². The molecule has 2 aliphatic rings. The number of fused-ring (bicyclic) bond motifs is 1. The molecule has 31 heavy (non-hydrogen) atoms. The number of para-hydroxylation sites is 1. The van der Waals surface area contributed by atoms with Gasteiger partial charge < -0.3 is 23.9 Å². The zero-order valence-corrected chi connectivity index (χ0v) is 17.8. The van der Waals surface area contributed by atoms with Gasteiger partial charge in [0.1, 0.15) is 0 Å². The normalized spacial score (nSPS) is 17.3. The molecule has 0 saturated carbocycles. The van der Waals surface area contributed by atoms with Crippen molar-refractivity contribution in [1.82, 2.24) is 15.1 Å². The predicted molar refractivity (Wildman–Crippen MR) is 119 cm³/mol. The number of ether oxygens (including phenoxy) is 1. The first-order valence-electron chi connectivity index (χ1n) is 10.9. The van der Waals surface area contributed by atoms with Gasteiger partial charge in [0.05, 0.1) is 7.11 Å². The standard InChI is InChI=1S/C23H27N5O3/c1-30-18-7-5-6-17-16-19(31-22(17)18)23(29)28-14-12-27(13-15-28)21-9-8-20(24-25-21)26-10-3-2-4-11-26/h5-9,16H,2-4,10-15H2,1H3. The van der Waals surface area contributed by atoms with E-state index in [1.807, 2.05) is 29.2 Å². The highest BCUT2D eigenvalue weighted by Gasteiger charge is 2.26. The SMILES string of the molecule is COc1cccc2cc(C(=O)N3CCN(c4ccc(N5CCCCC5)nn4)CC3)oc12. The van der Waals surface area contributed by atoms with Crippen LogP contribution in [0.1, 0.15) is 29.8 Å². The van der Waals surface area contributed by atoms with Crippen molar-refractivity contribution in [1.29, 1.82) is 0 Å². The molecule has 0 unspecified atom stereocenters. The van der Waals surface area contributed by atoms with Gasteiger partial charge in [-0.2, -0.15) is 0 Å². The molecule has 0 aliphatic carbocycles. The van der Waals surface area contributed by atoms with Gasteiger partial charge in [0.25, 0.3) is 5.91 Å². The molecule has 1 amide bonds. The number of hydrogen-bond acceptors (Lipinski definition) is 7. The van der Waals surface area contributed by atoms with E-state index in [1.165, 1.54) is 19.3 Å². The molecule has 5 rings (SSSR count). The third-order valence-electron chi connectivity index (χ3n) is 6.15. The summed E-state index contributed by atoms with van der Waals surface area (Å²) in [5.74, 6) is 2.70. The molecule has 162 valence electrons. The fraction of sp³-hybridized carbons (Fsp3) is 0.435. The van der Waals surface area contributed by atoms with Crippen molar-refractivity contribution in [3.63, 3.8) is 0 Å². The molecule has 2 fully saturated rings. The van der Waals surface area contributed by atoms with Crippen LogP contribution in [0, 0.1) is 0 Å². The van der Waals surface area contributed by atoms with Crippen LogP contribution in [0.25, 0.3) is 11.0 Å². The number of carbonyl (C=O) groups excluding carboxylic acids is 1. The molecule has 8 heteroatoms. The van der Waals surface area contributed by atoms with Crippen molar-refractivity contribution in [2.24, 2.45) is 0 Å². The highest BCUT2D eigenvalue weighted by atomic mass is 16.5. The van der Waals surface area contributed by atoms with E-state index in [2.05, 4.69) is 26.1 Å². The molecule has 2 saturated heterocycles. The van der Waals surface area contributed by atoms with E-state index in [1.54, 1.807) is 13.2 Å². The number of furan rings is 1. The summed E-state index contributed by atoms with van der Waals surface area (Å²) >= 11 is 0. The Labute approximate surface area is 181 Å². The second-order valence-electron chi connectivity index (χ2n) is 8.07. The molecule has 8 nitrogen and oxygen atoms in total. The summed E-state index contributed by atoms with van der Waals surface area (Å²) < 4.78 is 11.2. The maximum Gasteiger partial charge on any atom is 0.289 e. The first-order chi connectivity index (χ1) is 15.2. The van der Waals surface area contributed by atoms with E-state index in [9.17, 15) is 4.79 Å². The lowest BCUT2D eigenvalue weighted by Gasteiger charge is -2.35. The van der Waals surface area contributed by atoms with Crippen molar-refractivity contribution in [3.05, 3.63) is 42.2 Å². The number of aromatic nitrogens is 2. The van der Waals surface area contributed by atoms with Crippen LogP contribution in [0.3, 0.4) is 0 Å². The number of amides is 1. The Morgan fingerprint density at radius 1 is 0.903 bits per heavy atom. The van der Waals surface area contributed by atoms with Crippen LogP contribution < -0.4 is 14.5 Å². The molecule has 0 bridgehead atoms. The van der Waals surface area contributed by atoms with E-state index in [0.29, 0.717) is 43.3 Å². The van der Waals surface area contributed by atoms with Crippen LogP contribution in [0.15, 0.2) is 40.8 Å². The third kappa shape index (κ3) is 3.89. The maximum absolute atomic E-state index is 13.0. The van der Waals surface area contributed by atoms with Crippen LogP contribution in [0.5, 0.6) is 5.75 Å². The summed E-state index contributed by atoms with van der Waals surface area (Å²) in [5, 5.41) is 9.76. The van der Waals surface area contributed by atoms with Gasteiger partial charge in [-0.3, -0.25) is 4.79 Å². The van der Waals surface area contributed by atoms with Gasteiger partial charge in [-0.15, -0.1) is 10.2 Å². The van der Waals surface area contributed by atoms with Gasteiger partial charge in [0, 0.05) is 44.7 Å². The zero-order valence-electron chi connectivity index (χ0n) is 17.8. The second kappa shape index (κ2) is 8.45. The van der Waals surface area contributed by atoms with E-state index in [0.717, 1.165) is 30.1 Å². The molecule has 2 aromatic heterocycles. The first-order valence-corrected chi connectivity index (χ1v) is 10.9. The zero-order chi connectivity index (χ0) is 21.2. The number of anilines is 2. The van der Waals surface area contributed by atoms with Gasteiger partial charge in [0.15, 0.2) is 28.7 Å². The van der Waals surface area contributed by atoms with Crippen molar-refractivity contribution in [3.8, 4) is 5.75 Å². The molecule has 0 radical (unpaired) electrons. The molecule has 0 N–H and O–H groups in total. The monoisotopic (exact) mass is 421 g/mol. The number of nitrogens with zero attached hydrogens (tertiary/aromatic N) is 5. The summed E-state index contributed by atoms with van der Waals surface area (Å²) in [7, 11) is 1.60. The summed E-state index contributed by atoms with van der Waals surface area (Å²) in [6, 6.07) is 11.5. The van der Waals surface area contributed by atoms with Crippen LogP contribution in [0.4, 0.5) is 11.6 Å². The van der Waals surface area contributed by atoms with Gasteiger partial charge in [-0.1, -0.05) is 12.1 Å². The molecule has 0 atom stereocenters. The minimum absolute atomic E-state index is 0.0931. The largest absolute Gasteiger partial charge is 0.493 e. The Morgan fingerprint density at radius 2 is 1.58 bits per heavy atom. The predicted octanol–water partition coefficient (Wildman–Crippen LogP) is 3.18. The lowest BCUT2D eigenvalue weighted by Crippen LogP contribution is -2.49. The minimum Gasteiger partial charge on any atom is -0.493 e. The second-order valence-corrected chi connectivity index (χ2v) is 8.07. The van der Waals surface area contributed by atoms with Gasteiger partial charge in [-0.05, 0) is 43.5 Å². The highest BCUT2D eigenvalue weighted by molar-refractivity contribution is 5.97. The maximum atomic E-state index is 13.0. The molecular weight excluding hydrogens is 394 g/mol. The number of carbonyl (C=O) groups is 1. The molecule has 2 aliphatic heterocycles. The minimum atomic E-state index is -0.0931. The van der Waals surface area contributed by atoms with E-state index in [4.69, 9.17) is 9.15 Å². The smallest absolute Gasteiger partial charge is 0.289 e. The van der Waals surface area contributed by atoms with Gasteiger partial charge in [0.2, 0.25) is 0 Å². The summed E-state index contributed by atoms with van der Waals surface area (Å²) in [4.78, 5) is 19.3. The number of rotatable bonds is 4. The Balaban J connectivity index is 1.22. The number of hydrogen-bond donors (Lipinski definition) is 0. The fourth-order valence-corrected chi connectivity index (χ4v) is 4.38. The molecule has 4 heterocycles. The topological polar surface area (TPSA) is 74.9 Å². The van der Waals surface area contributed by atoms with Gasteiger partial charge in [-0.25, -0.2) is 0 Å². The lowest BCUT2D eigenvalue weighted by atomic mass is 10.1. The highest BCUT2D eigenvalue weighted by Crippen LogP contribution is 2.29. The molecule has 0 spiro atoms. The van der Waals surface area contributed by atoms with Crippen LogP contribution in [0.2, 0.25) is 0 Å².